The summed E-state index contributed by atoms with van der Waals surface area (Å²) >= 11 is 0. The molecule has 0 spiro atoms. The highest BCUT2D eigenvalue weighted by Crippen LogP contribution is 2.12. The van der Waals surface area contributed by atoms with E-state index in [9.17, 15) is 48.9 Å². The average Bonchev–Trinajstić information content (AvgIpc) is 3.02. The van der Waals surface area contributed by atoms with Gasteiger partial charge in [-0.2, -0.15) is 0 Å². The van der Waals surface area contributed by atoms with Crippen LogP contribution in [0.15, 0.2) is 16.9 Å². The van der Waals surface area contributed by atoms with Crippen molar-refractivity contribution in [2.75, 3.05) is 26.3 Å². The summed E-state index contributed by atoms with van der Waals surface area (Å²) in [6.07, 6.45) is -0.253. The summed E-state index contributed by atoms with van der Waals surface area (Å²) in [6, 6.07) is -9.80. The Morgan fingerprint density at radius 3 is 2.23 bits per heavy atom. The topological polar surface area (TPSA) is 393 Å². The van der Waals surface area contributed by atoms with Crippen LogP contribution in [-0.2, 0) is 28.8 Å². The first kappa shape index (κ1) is 39.1. The zero-order valence-corrected chi connectivity index (χ0v) is 25.7. The molecule has 2 rings (SSSR count). The number of hydrogen-bond donors (Lipinski definition) is 15. The van der Waals surface area contributed by atoms with E-state index in [1.807, 2.05) is 5.32 Å². The van der Waals surface area contributed by atoms with Crippen LogP contribution < -0.4 is 65.5 Å². The van der Waals surface area contributed by atoms with E-state index in [1.165, 1.54) is 0 Å². The molecule has 0 radical (unpaired) electrons. The van der Waals surface area contributed by atoms with Crippen LogP contribution in [0.4, 0.5) is 4.79 Å². The van der Waals surface area contributed by atoms with E-state index < -0.39 is 109 Å². The molecule has 1 saturated heterocycles. The molecule has 2 heterocycles. The summed E-state index contributed by atoms with van der Waals surface area (Å²) in [6.45, 7) is -2.37. The molecule has 7 atom stereocenters. The second-order valence-electron chi connectivity index (χ2n) is 10.7. The number of hydrogen-bond acceptors (Lipinski definition) is 15. The normalized spacial score (nSPS) is 27.6. The molecule has 1 unspecified atom stereocenters. The Kier molecular flexibility index (Phi) is 15.4. The van der Waals surface area contributed by atoms with E-state index >= 15 is 0 Å². The Morgan fingerprint density at radius 2 is 1.62 bits per heavy atom. The Bertz CT molecular complexity index is 1280. The lowest BCUT2D eigenvalue weighted by atomic mass is 10.0. The SMILES string of the molecule is NCCCC(N)CC(=O)N[C@H]1CNC(=O)[C@H]([C@H]2C[C@H](O)NC(N)=N2)NC(=O)/C(=C/NC(N)=O)NC(=O)[C@H](CO)NC(=O)[C@H](CO)NC1=O. The molecule has 2 aliphatic rings. The summed E-state index contributed by atoms with van der Waals surface area (Å²) in [5, 5.41) is 47.7. The lowest BCUT2D eigenvalue weighted by Gasteiger charge is -2.31. The minimum absolute atomic E-state index is 0.247. The molecule has 19 N–H and O–H groups in total. The smallest absolute Gasteiger partial charge is 0.316 e. The van der Waals surface area contributed by atoms with Gasteiger partial charge in [-0.3, -0.25) is 28.8 Å². The van der Waals surface area contributed by atoms with Crippen molar-refractivity contribution in [3.8, 4) is 0 Å². The first-order valence-electron chi connectivity index (χ1n) is 14.7. The fourth-order valence-corrected chi connectivity index (χ4v) is 4.44. The molecule has 48 heavy (non-hydrogen) atoms. The Balaban J connectivity index is 2.55. The molecule has 23 heteroatoms. The third kappa shape index (κ3) is 12.3. The monoisotopic (exact) mass is 685 g/mol. The third-order valence-corrected chi connectivity index (χ3v) is 6.89. The van der Waals surface area contributed by atoms with Gasteiger partial charge in [0, 0.05) is 31.6 Å². The van der Waals surface area contributed by atoms with Crippen LogP contribution in [0, 0.1) is 0 Å². The molecule has 268 valence electrons. The Labute approximate surface area is 273 Å². The van der Waals surface area contributed by atoms with Gasteiger partial charge in [0.05, 0.1) is 19.3 Å². The van der Waals surface area contributed by atoms with E-state index in [0.717, 1.165) is 0 Å². The van der Waals surface area contributed by atoms with Gasteiger partial charge in [-0.05, 0) is 19.4 Å². The number of aliphatic hydroxyl groups is 3. The van der Waals surface area contributed by atoms with Gasteiger partial charge >= 0.3 is 6.03 Å². The minimum atomic E-state index is -1.78. The van der Waals surface area contributed by atoms with Gasteiger partial charge in [0.25, 0.3) is 5.91 Å². The largest absolute Gasteiger partial charge is 0.394 e. The second kappa shape index (κ2) is 18.9. The van der Waals surface area contributed by atoms with Crippen molar-refractivity contribution in [3.63, 3.8) is 0 Å². The summed E-state index contributed by atoms with van der Waals surface area (Å²) in [4.78, 5) is 94.3. The summed E-state index contributed by atoms with van der Waals surface area (Å²) in [7, 11) is 0. The van der Waals surface area contributed by atoms with Crippen molar-refractivity contribution in [3.05, 3.63) is 11.9 Å². The lowest BCUT2D eigenvalue weighted by molar-refractivity contribution is -0.135. The number of nitrogens with two attached hydrogens (primary N) is 4. The number of guanidine groups is 1. The molecular weight excluding hydrogens is 642 g/mol. The maximum atomic E-state index is 13.6. The molecule has 1 fully saturated rings. The summed E-state index contributed by atoms with van der Waals surface area (Å²) in [5.74, 6) is -6.69. The molecule has 2 aliphatic heterocycles. The number of nitrogens with zero attached hydrogens (tertiary/aromatic N) is 1. The molecule has 0 aromatic heterocycles. The van der Waals surface area contributed by atoms with Gasteiger partial charge < -0.3 is 80.8 Å². The molecular formula is C25H43N13O10. The predicted octanol–water partition coefficient (Wildman–Crippen LogP) is -8.88. The third-order valence-electron chi connectivity index (χ3n) is 6.89. The van der Waals surface area contributed by atoms with Crippen LogP contribution in [0.1, 0.15) is 25.7 Å². The number of aliphatic imine (C=N–C) groups is 1. The highest BCUT2D eigenvalue weighted by Gasteiger charge is 2.37. The molecule has 8 amide bonds. The Morgan fingerprint density at radius 1 is 0.979 bits per heavy atom. The zero-order valence-electron chi connectivity index (χ0n) is 25.7. The van der Waals surface area contributed by atoms with Crippen LogP contribution in [0.3, 0.4) is 0 Å². The van der Waals surface area contributed by atoms with Gasteiger partial charge in [0.1, 0.15) is 36.1 Å². The molecule has 0 aliphatic carbocycles. The van der Waals surface area contributed by atoms with Crippen molar-refractivity contribution in [1.29, 1.82) is 0 Å². The van der Waals surface area contributed by atoms with Crippen molar-refractivity contribution < 1.29 is 48.9 Å². The van der Waals surface area contributed by atoms with Gasteiger partial charge in [-0.15, -0.1) is 0 Å². The average molecular weight is 686 g/mol. The summed E-state index contributed by atoms with van der Waals surface area (Å²) in [5.41, 5.74) is 21.5. The van der Waals surface area contributed by atoms with E-state index in [0.29, 0.717) is 25.6 Å². The second-order valence-corrected chi connectivity index (χ2v) is 10.7. The van der Waals surface area contributed by atoms with Gasteiger partial charge in [-0.25, -0.2) is 9.79 Å². The number of nitrogens with one attached hydrogen (secondary N) is 8. The van der Waals surface area contributed by atoms with Gasteiger partial charge in [0.15, 0.2) is 5.96 Å². The lowest BCUT2D eigenvalue weighted by Crippen LogP contribution is -2.63. The van der Waals surface area contributed by atoms with E-state index in [2.05, 4.69) is 42.2 Å². The highest BCUT2D eigenvalue weighted by molar-refractivity contribution is 6.02. The number of carbonyl (C=O) groups excluding carboxylic acids is 7. The van der Waals surface area contributed by atoms with E-state index in [-0.39, 0.29) is 18.8 Å². The fourth-order valence-electron chi connectivity index (χ4n) is 4.44. The fraction of sp³-hybridized carbons (Fsp3) is 0.600. The van der Waals surface area contributed by atoms with Crippen molar-refractivity contribution in [2.45, 2.75) is 68.2 Å². The van der Waals surface area contributed by atoms with Gasteiger partial charge in [-0.1, -0.05) is 0 Å². The predicted molar refractivity (Wildman–Crippen MR) is 164 cm³/mol. The quantitative estimate of drug-likeness (QED) is 0.0950. The maximum Gasteiger partial charge on any atom is 0.316 e. The number of carbonyl (C=O) groups is 7. The zero-order chi connectivity index (χ0) is 36.0. The number of amides is 8. The number of rotatable bonds is 10. The van der Waals surface area contributed by atoms with Crippen LogP contribution in [0.5, 0.6) is 0 Å². The van der Waals surface area contributed by atoms with Crippen LogP contribution in [0.2, 0.25) is 0 Å². The summed E-state index contributed by atoms with van der Waals surface area (Å²) < 4.78 is 0. The van der Waals surface area contributed by atoms with Crippen LogP contribution in [-0.4, -0.2) is 132 Å². The minimum Gasteiger partial charge on any atom is -0.394 e. The molecule has 0 bridgehead atoms. The first-order chi connectivity index (χ1) is 22.7. The number of primary amides is 1. The van der Waals surface area contributed by atoms with E-state index in [4.69, 9.17) is 22.9 Å². The molecule has 0 saturated carbocycles. The van der Waals surface area contributed by atoms with Gasteiger partial charge in [0.2, 0.25) is 29.5 Å². The highest BCUT2D eigenvalue weighted by atomic mass is 16.3. The van der Waals surface area contributed by atoms with E-state index in [1.54, 1.807) is 0 Å². The van der Waals surface area contributed by atoms with Crippen LogP contribution in [0.25, 0.3) is 0 Å². The Hall–Kier alpha value is -5.10. The molecule has 0 aromatic rings. The van der Waals surface area contributed by atoms with Crippen LogP contribution >= 0.6 is 0 Å². The maximum absolute atomic E-state index is 13.6. The van der Waals surface area contributed by atoms with Crippen molar-refractivity contribution >= 4 is 47.4 Å². The van der Waals surface area contributed by atoms with Crippen molar-refractivity contribution in [2.24, 2.45) is 27.9 Å². The first-order valence-corrected chi connectivity index (χ1v) is 14.7. The number of aliphatic hydroxyl groups excluding tert-OH is 3. The molecule has 23 nitrogen and oxygen atoms in total. The number of urea groups is 1. The van der Waals surface area contributed by atoms with Crippen molar-refractivity contribution in [1.82, 2.24) is 42.5 Å². The standard InChI is InChI=1S/C25H43N13O10/c26-3-1-2-10(27)4-16(41)32-12-6-30-23(47)18(11-5-17(42)37-24(28)36-11)38-20(44)13(7-31-25(29)48)33-21(45)14(8-39)35-22(46)15(9-40)34-19(12)43/h7,10-12,14-15,17-18,39-40,42H,1-6,8-9,26-27H2,(H,30,47)(H,32,41)(H,33,45)(H,34,43)(H,35,46)(H,38,44)(H3,28,36,37)(H3,29,31,48)/b13-7-/t10?,11-,12+,14+,15+,17+,18+/m1/s1. The molecule has 0 aromatic carbocycles.